The molecule has 8 heteroatoms. The molecule has 2 aromatic heterocycles. The Kier molecular flexibility index (Phi) is 5.69. The minimum atomic E-state index is -0.535. The number of rotatable bonds is 6. The summed E-state index contributed by atoms with van der Waals surface area (Å²) in [6.45, 7) is 7.81. The van der Waals surface area contributed by atoms with Crippen LogP contribution in [0.5, 0.6) is 5.88 Å². The molecule has 162 valence electrons. The highest BCUT2D eigenvalue weighted by Gasteiger charge is 2.30. The van der Waals surface area contributed by atoms with Gasteiger partial charge in [-0.1, -0.05) is 26.0 Å². The molecule has 2 fully saturated rings. The maximum absolute atomic E-state index is 13.3. The maximum atomic E-state index is 13.3. The fraction of sp³-hybridized carbons (Fsp3) is 0.591. The fourth-order valence-corrected chi connectivity index (χ4v) is 3.92. The summed E-state index contributed by atoms with van der Waals surface area (Å²) in [4.78, 5) is 26.0. The molecule has 1 amide bonds. The first-order chi connectivity index (χ1) is 14.4. The summed E-state index contributed by atoms with van der Waals surface area (Å²) in [6, 6.07) is 0.0860. The van der Waals surface area contributed by atoms with Gasteiger partial charge in [-0.05, 0) is 44.4 Å². The van der Waals surface area contributed by atoms with Gasteiger partial charge in [0.05, 0.1) is 5.69 Å². The first kappa shape index (κ1) is 20.7. The van der Waals surface area contributed by atoms with Crippen LogP contribution in [0.25, 0.3) is 11.7 Å². The van der Waals surface area contributed by atoms with E-state index in [1.807, 2.05) is 26.8 Å². The van der Waals surface area contributed by atoms with E-state index in [1.165, 1.54) is 4.52 Å². The van der Waals surface area contributed by atoms with Crippen molar-refractivity contribution in [2.24, 2.45) is 11.8 Å². The lowest BCUT2D eigenvalue weighted by Gasteiger charge is -2.18. The molecule has 1 saturated heterocycles. The number of aromatic nitrogens is 3. The molecule has 4 rings (SSSR count). The molecule has 0 aromatic carbocycles. The smallest absolute Gasteiger partial charge is 0.270 e. The number of aromatic hydroxyl groups is 1. The number of hydrogen-bond donors (Lipinski definition) is 2. The zero-order valence-electron chi connectivity index (χ0n) is 17.9. The molecule has 0 bridgehead atoms. The predicted molar refractivity (Wildman–Crippen MR) is 114 cm³/mol. The molecule has 0 atom stereocenters. The summed E-state index contributed by atoms with van der Waals surface area (Å²) < 4.78 is 8.34. The number of aryl methyl sites for hydroxylation is 1. The van der Waals surface area contributed by atoms with Crippen molar-refractivity contribution in [2.75, 3.05) is 13.2 Å². The van der Waals surface area contributed by atoms with E-state index in [9.17, 15) is 14.7 Å². The van der Waals surface area contributed by atoms with E-state index in [0.717, 1.165) is 44.5 Å². The van der Waals surface area contributed by atoms with Crippen LogP contribution < -0.4 is 10.9 Å². The van der Waals surface area contributed by atoms with E-state index in [4.69, 9.17) is 4.74 Å². The van der Waals surface area contributed by atoms with Crippen LogP contribution in [0.15, 0.2) is 10.9 Å². The summed E-state index contributed by atoms with van der Waals surface area (Å²) in [5.41, 5.74) is 1.30. The highest BCUT2D eigenvalue weighted by Crippen LogP contribution is 2.26. The van der Waals surface area contributed by atoms with Gasteiger partial charge in [0.2, 0.25) is 5.88 Å². The number of ether oxygens (including phenoxy) is 1. The number of carbonyl (C=O) groups excluding carboxylic acids is 1. The molecule has 0 unspecified atom stereocenters. The van der Waals surface area contributed by atoms with Crippen LogP contribution in [0, 0.1) is 18.8 Å². The summed E-state index contributed by atoms with van der Waals surface area (Å²) in [5, 5.41) is 18.1. The second kappa shape index (κ2) is 8.26. The highest BCUT2D eigenvalue weighted by atomic mass is 16.5. The predicted octanol–water partition coefficient (Wildman–Crippen LogP) is 2.50. The van der Waals surface area contributed by atoms with E-state index in [2.05, 4.69) is 16.5 Å². The molecule has 0 spiro atoms. The van der Waals surface area contributed by atoms with Gasteiger partial charge in [-0.3, -0.25) is 14.2 Å². The number of allylic oxidation sites excluding steroid dienone is 1. The standard InChI is InChI=1S/C22H30N4O4/c1-13(2)12-25-20-17(7-4-15-8-10-30-11-9-15)14(3)24-26(20)22(29)18(21(25)28)19(27)23-16-5-6-16/h4,7,13,15-16,29H,5-6,8-12H2,1-3H3,(H,23,27)/b7-4+. The third-order valence-electron chi connectivity index (χ3n) is 5.71. The van der Waals surface area contributed by atoms with Gasteiger partial charge in [0, 0.05) is 31.4 Å². The molecule has 3 heterocycles. The van der Waals surface area contributed by atoms with Gasteiger partial charge in [-0.2, -0.15) is 9.61 Å². The Morgan fingerprint density at radius 2 is 2.00 bits per heavy atom. The van der Waals surface area contributed by atoms with E-state index >= 15 is 0 Å². The molecular formula is C22H30N4O4. The summed E-state index contributed by atoms with van der Waals surface area (Å²) in [5.74, 6) is -0.345. The molecule has 2 aliphatic rings. The fourth-order valence-electron chi connectivity index (χ4n) is 3.92. The minimum absolute atomic E-state index is 0.0860. The van der Waals surface area contributed by atoms with Gasteiger partial charge < -0.3 is 15.2 Å². The molecular weight excluding hydrogens is 384 g/mol. The largest absolute Gasteiger partial charge is 0.492 e. The van der Waals surface area contributed by atoms with Crippen molar-refractivity contribution in [3.05, 3.63) is 33.3 Å². The van der Waals surface area contributed by atoms with E-state index in [1.54, 1.807) is 4.57 Å². The van der Waals surface area contributed by atoms with Gasteiger partial charge in [0.15, 0.2) is 5.56 Å². The van der Waals surface area contributed by atoms with Crippen LogP contribution in [0.3, 0.4) is 0 Å². The molecule has 2 N–H and O–H groups in total. The van der Waals surface area contributed by atoms with Crippen molar-refractivity contribution < 1.29 is 14.6 Å². The van der Waals surface area contributed by atoms with Crippen molar-refractivity contribution in [1.82, 2.24) is 19.5 Å². The van der Waals surface area contributed by atoms with Crippen molar-refractivity contribution >= 4 is 17.6 Å². The number of carbonyl (C=O) groups is 1. The number of nitrogens with one attached hydrogen (secondary N) is 1. The lowest BCUT2D eigenvalue weighted by molar-refractivity contribution is 0.0787. The topological polar surface area (TPSA) is 97.9 Å². The third kappa shape index (κ3) is 4.01. The second-order valence-corrected chi connectivity index (χ2v) is 8.80. The molecule has 1 aliphatic carbocycles. The van der Waals surface area contributed by atoms with Crippen LogP contribution in [-0.4, -0.2) is 44.5 Å². The third-order valence-corrected chi connectivity index (χ3v) is 5.71. The van der Waals surface area contributed by atoms with E-state index in [-0.39, 0.29) is 17.5 Å². The molecule has 1 saturated carbocycles. The Labute approximate surface area is 175 Å². The molecule has 2 aromatic rings. The lowest BCUT2D eigenvalue weighted by Crippen LogP contribution is -2.36. The number of hydrogen-bond acceptors (Lipinski definition) is 5. The highest BCUT2D eigenvalue weighted by molar-refractivity contribution is 5.96. The first-order valence-electron chi connectivity index (χ1n) is 10.8. The monoisotopic (exact) mass is 414 g/mol. The van der Waals surface area contributed by atoms with Crippen LogP contribution in [0.2, 0.25) is 0 Å². The van der Waals surface area contributed by atoms with Crippen molar-refractivity contribution in [3.63, 3.8) is 0 Å². The average molecular weight is 415 g/mol. The molecule has 8 nitrogen and oxygen atoms in total. The first-order valence-corrected chi connectivity index (χ1v) is 10.8. The Balaban J connectivity index is 1.85. The van der Waals surface area contributed by atoms with Crippen molar-refractivity contribution in [1.29, 1.82) is 0 Å². The molecule has 1 aliphatic heterocycles. The Hall–Kier alpha value is -2.61. The van der Waals surface area contributed by atoms with Gasteiger partial charge in [-0.25, -0.2) is 0 Å². The number of amides is 1. The lowest BCUT2D eigenvalue weighted by atomic mass is 9.99. The normalized spacial score (nSPS) is 18.0. The van der Waals surface area contributed by atoms with Crippen LogP contribution in [0.4, 0.5) is 0 Å². The SMILES string of the molecule is Cc1nn2c(O)c(C(=O)NC3CC3)c(=O)n(CC(C)C)c2c1/C=C/C1CCOCC1. The van der Waals surface area contributed by atoms with Crippen LogP contribution in [0.1, 0.15) is 61.1 Å². The van der Waals surface area contributed by atoms with Crippen molar-refractivity contribution in [2.45, 2.75) is 59.0 Å². The maximum Gasteiger partial charge on any atom is 0.270 e. The van der Waals surface area contributed by atoms with Crippen LogP contribution >= 0.6 is 0 Å². The van der Waals surface area contributed by atoms with Gasteiger partial charge in [-0.15, -0.1) is 0 Å². The van der Waals surface area contributed by atoms with Crippen LogP contribution in [-0.2, 0) is 11.3 Å². The molecule has 30 heavy (non-hydrogen) atoms. The van der Waals surface area contributed by atoms with Crippen molar-refractivity contribution in [3.8, 4) is 5.88 Å². The number of fused-ring (bicyclic) bond motifs is 1. The second-order valence-electron chi connectivity index (χ2n) is 8.80. The average Bonchev–Trinajstić information content (AvgIpc) is 3.45. The van der Waals surface area contributed by atoms with Gasteiger partial charge in [0.25, 0.3) is 11.5 Å². The quantitative estimate of drug-likeness (QED) is 0.757. The molecule has 0 radical (unpaired) electrons. The van der Waals surface area contributed by atoms with Gasteiger partial charge >= 0.3 is 0 Å². The van der Waals surface area contributed by atoms with E-state index in [0.29, 0.717) is 23.8 Å². The Morgan fingerprint density at radius 1 is 1.30 bits per heavy atom. The summed E-state index contributed by atoms with van der Waals surface area (Å²) in [7, 11) is 0. The summed E-state index contributed by atoms with van der Waals surface area (Å²) in [6.07, 6.45) is 7.86. The zero-order valence-corrected chi connectivity index (χ0v) is 17.9. The zero-order chi connectivity index (χ0) is 21.4. The number of nitrogens with zero attached hydrogens (tertiary/aromatic N) is 3. The Morgan fingerprint density at radius 3 is 2.63 bits per heavy atom. The van der Waals surface area contributed by atoms with E-state index < -0.39 is 17.3 Å². The Bertz CT molecular complexity index is 1040. The summed E-state index contributed by atoms with van der Waals surface area (Å²) >= 11 is 0. The van der Waals surface area contributed by atoms with Gasteiger partial charge in [0.1, 0.15) is 5.65 Å². The minimum Gasteiger partial charge on any atom is -0.492 e.